The van der Waals surface area contributed by atoms with Gasteiger partial charge in [-0.25, -0.2) is 0 Å². The zero-order chi connectivity index (χ0) is 18.9. The molecule has 0 radical (unpaired) electrons. The smallest absolute Gasteiger partial charge is 0.0702 e. The summed E-state index contributed by atoms with van der Waals surface area (Å²) < 4.78 is 2.74. The molecule has 2 heteroatoms. The summed E-state index contributed by atoms with van der Waals surface area (Å²) in [4.78, 5) is 4.55. The molecule has 1 nitrogen and oxygen atoms in total. The second-order valence-corrected chi connectivity index (χ2v) is 9.18. The average Bonchev–Trinajstić information content (AvgIpc) is 3.20. The third kappa shape index (κ3) is 2.10. The van der Waals surface area contributed by atoms with E-state index >= 15 is 0 Å². The van der Waals surface area contributed by atoms with Gasteiger partial charge >= 0.3 is 0 Å². The zero-order valence-corrected chi connectivity index (χ0v) is 16.7. The Morgan fingerprint density at radius 2 is 1.54 bits per heavy atom. The van der Waals surface area contributed by atoms with Crippen LogP contribution in [0.1, 0.15) is 25.0 Å². The molecule has 0 fully saturated rings. The normalized spacial score (nSPS) is 14.4. The highest BCUT2D eigenvalue weighted by molar-refractivity contribution is 7.25. The Morgan fingerprint density at radius 3 is 2.39 bits per heavy atom. The van der Waals surface area contributed by atoms with Crippen LogP contribution in [0.5, 0.6) is 0 Å². The number of aromatic nitrogens is 1. The largest absolute Gasteiger partial charge is 0.256 e. The summed E-state index contributed by atoms with van der Waals surface area (Å²) in [5.74, 6) is 0. The minimum atomic E-state index is 0.0116. The number of hydrogen-bond acceptors (Lipinski definition) is 2. The highest BCUT2D eigenvalue weighted by atomic mass is 32.1. The minimum absolute atomic E-state index is 0.0116. The van der Waals surface area contributed by atoms with Gasteiger partial charge in [0.15, 0.2) is 0 Å². The van der Waals surface area contributed by atoms with Crippen LogP contribution in [0.4, 0.5) is 0 Å². The fourth-order valence-corrected chi connectivity index (χ4v) is 5.79. The van der Waals surface area contributed by atoms with Gasteiger partial charge in [-0.2, -0.15) is 0 Å². The number of hydrogen-bond donors (Lipinski definition) is 0. The molecule has 0 unspecified atom stereocenters. The van der Waals surface area contributed by atoms with Crippen molar-refractivity contribution in [3.8, 4) is 22.4 Å². The summed E-state index contributed by atoms with van der Waals surface area (Å²) in [5.41, 5.74) is 7.77. The second-order valence-electron chi connectivity index (χ2n) is 8.09. The van der Waals surface area contributed by atoms with Crippen LogP contribution in [0.15, 0.2) is 79.0 Å². The summed E-state index contributed by atoms with van der Waals surface area (Å²) in [5, 5.41) is 2.73. The lowest BCUT2D eigenvalue weighted by Crippen LogP contribution is -2.14. The van der Waals surface area contributed by atoms with Gasteiger partial charge in [-0.3, -0.25) is 4.98 Å². The summed E-state index contributed by atoms with van der Waals surface area (Å²) >= 11 is 1.90. The lowest BCUT2D eigenvalue weighted by molar-refractivity contribution is 0.661. The first kappa shape index (κ1) is 16.0. The van der Waals surface area contributed by atoms with Crippen molar-refractivity contribution in [2.45, 2.75) is 19.3 Å². The maximum absolute atomic E-state index is 4.55. The molecule has 0 spiro atoms. The first-order chi connectivity index (χ1) is 13.6. The Kier molecular flexibility index (Phi) is 3.16. The molecule has 0 saturated carbocycles. The SMILES string of the molecule is CC1(C)c2ccc(-c3ccccn3)cc2-c2cc3c(cc21)sc1ccccc13. The van der Waals surface area contributed by atoms with Gasteiger partial charge in [0, 0.05) is 37.3 Å². The number of benzene rings is 3. The molecule has 134 valence electrons. The zero-order valence-electron chi connectivity index (χ0n) is 15.9. The van der Waals surface area contributed by atoms with Gasteiger partial charge in [-0.1, -0.05) is 50.2 Å². The molecule has 2 aromatic heterocycles. The van der Waals surface area contributed by atoms with Crippen LogP contribution in [-0.4, -0.2) is 4.98 Å². The summed E-state index contributed by atoms with van der Waals surface area (Å²) in [6, 6.07) is 26.5. The van der Waals surface area contributed by atoms with E-state index in [2.05, 4.69) is 85.6 Å². The summed E-state index contributed by atoms with van der Waals surface area (Å²) in [6.45, 7) is 4.69. The van der Waals surface area contributed by atoms with E-state index in [0.717, 1.165) is 5.69 Å². The maximum atomic E-state index is 4.55. The molecule has 28 heavy (non-hydrogen) atoms. The standard InChI is InChI=1S/C26H19NS/c1-26(2)21-11-10-16(23-8-5-6-12-27-23)13-18(21)19-14-20-17-7-3-4-9-24(17)28-25(20)15-22(19)26/h3-15H,1-2H3. The van der Waals surface area contributed by atoms with Crippen LogP contribution < -0.4 is 0 Å². The molecule has 0 N–H and O–H groups in total. The lowest BCUT2D eigenvalue weighted by atomic mass is 9.82. The highest BCUT2D eigenvalue weighted by Crippen LogP contribution is 2.52. The third-order valence-electron chi connectivity index (χ3n) is 6.13. The highest BCUT2D eigenvalue weighted by Gasteiger charge is 2.36. The van der Waals surface area contributed by atoms with E-state index in [-0.39, 0.29) is 5.41 Å². The van der Waals surface area contributed by atoms with Gasteiger partial charge in [0.2, 0.25) is 0 Å². The van der Waals surface area contributed by atoms with Gasteiger partial charge in [0.1, 0.15) is 0 Å². The van der Waals surface area contributed by atoms with Gasteiger partial charge < -0.3 is 0 Å². The number of fused-ring (bicyclic) bond motifs is 6. The van der Waals surface area contributed by atoms with Crippen LogP contribution in [-0.2, 0) is 5.41 Å². The first-order valence-corrected chi connectivity index (χ1v) is 10.5. The van der Waals surface area contributed by atoms with E-state index in [0.29, 0.717) is 0 Å². The minimum Gasteiger partial charge on any atom is -0.256 e. The monoisotopic (exact) mass is 377 g/mol. The Balaban J connectivity index is 1.66. The third-order valence-corrected chi connectivity index (χ3v) is 7.27. The van der Waals surface area contributed by atoms with Crippen LogP contribution >= 0.6 is 11.3 Å². The van der Waals surface area contributed by atoms with Gasteiger partial charge in [-0.15, -0.1) is 11.3 Å². The van der Waals surface area contributed by atoms with Crippen molar-refractivity contribution in [3.63, 3.8) is 0 Å². The van der Waals surface area contributed by atoms with E-state index in [1.165, 1.54) is 48.0 Å². The van der Waals surface area contributed by atoms with Gasteiger partial charge in [0.25, 0.3) is 0 Å². The average molecular weight is 378 g/mol. The molecular formula is C26H19NS. The molecule has 0 aliphatic heterocycles. The molecule has 2 heterocycles. The Labute approximate surface area is 168 Å². The Bertz CT molecular complexity index is 1380. The lowest BCUT2D eigenvalue weighted by Gasteiger charge is -2.21. The quantitative estimate of drug-likeness (QED) is 0.296. The van der Waals surface area contributed by atoms with Gasteiger partial charge in [-0.05, 0) is 58.7 Å². The summed E-state index contributed by atoms with van der Waals surface area (Å²) in [6.07, 6.45) is 1.86. The van der Waals surface area contributed by atoms with Crippen LogP contribution in [0.2, 0.25) is 0 Å². The molecule has 0 amide bonds. The van der Waals surface area contributed by atoms with Crippen LogP contribution in [0.25, 0.3) is 42.6 Å². The van der Waals surface area contributed by atoms with Crippen molar-refractivity contribution < 1.29 is 0 Å². The molecule has 6 rings (SSSR count). The van der Waals surface area contributed by atoms with Crippen molar-refractivity contribution in [1.82, 2.24) is 4.98 Å². The molecule has 5 aromatic rings. The Hall–Kier alpha value is -2.97. The molecular weight excluding hydrogens is 358 g/mol. The van der Waals surface area contributed by atoms with Crippen molar-refractivity contribution in [2.75, 3.05) is 0 Å². The predicted octanol–water partition coefficient (Wildman–Crippen LogP) is 7.42. The van der Waals surface area contributed by atoms with Crippen molar-refractivity contribution in [3.05, 3.63) is 90.1 Å². The van der Waals surface area contributed by atoms with Crippen molar-refractivity contribution in [2.24, 2.45) is 0 Å². The van der Waals surface area contributed by atoms with E-state index in [9.17, 15) is 0 Å². The fourth-order valence-electron chi connectivity index (χ4n) is 4.66. The topological polar surface area (TPSA) is 12.9 Å². The number of rotatable bonds is 1. The second kappa shape index (κ2) is 5.52. The van der Waals surface area contributed by atoms with E-state index < -0.39 is 0 Å². The molecule has 0 saturated heterocycles. The maximum Gasteiger partial charge on any atom is 0.0702 e. The van der Waals surface area contributed by atoms with Crippen LogP contribution in [0.3, 0.4) is 0 Å². The van der Waals surface area contributed by atoms with E-state index in [1.807, 2.05) is 23.6 Å². The fraction of sp³-hybridized carbons (Fsp3) is 0.115. The molecule has 1 aliphatic carbocycles. The van der Waals surface area contributed by atoms with Crippen molar-refractivity contribution in [1.29, 1.82) is 0 Å². The molecule has 0 bridgehead atoms. The summed E-state index contributed by atoms with van der Waals surface area (Å²) in [7, 11) is 0. The molecule has 0 atom stereocenters. The van der Waals surface area contributed by atoms with Crippen molar-refractivity contribution >= 4 is 31.5 Å². The number of nitrogens with zero attached hydrogens (tertiary/aromatic N) is 1. The first-order valence-electron chi connectivity index (χ1n) is 9.65. The number of thiophene rings is 1. The van der Waals surface area contributed by atoms with E-state index in [4.69, 9.17) is 0 Å². The Morgan fingerprint density at radius 1 is 0.714 bits per heavy atom. The van der Waals surface area contributed by atoms with Crippen LogP contribution in [0, 0.1) is 0 Å². The molecule has 3 aromatic carbocycles. The number of pyridine rings is 1. The van der Waals surface area contributed by atoms with Gasteiger partial charge in [0.05, 0.1) is 5.69 Å². The predicted molar refractivity (Wildman–Crippen MR) is 120 cm³/mol. The van der Waals surface area contributed by atoms with E-state index in [1.54, 1.807) is 0 Å². The molecule has 1 aliphatic rings.